The van der Waals surface area contributed by atoms with Crippen LogP contribution in [0.25, 0.3) is 0 Å². The topological polar surface area (TPSA) is 29.5 Å². The number of carbonyl (C=O) groups excluding carboxylic acids is 1. The average Bonchev–Trinajstić information content (AvgIpc) is 2.59. The highest BCUT2D eigenvalue weighted by Crippen LogP contribution is 2.40. The largest absolute Gasteiger partial charge is 0.444 e. The molecule has 72 valence electrons. The molecule has 2 aliphatic rings. The van der Waals surface area contributed by atoms with Gasteiger partial charge in [0.15, 0.2) is 0 Å². The zero-order chi connectivity index (χ0) is 9.64. The van der Waals surface area contributed by atoms with Crippen molar-refractivity contribution in [2.45, 2.75) is 38.8 Å². The SMILES string of the molecule is CC(C)(C)OC(=O)N1CC=C2CC21. The molecular formula is C10H15NO2. The second-order valence-electron chi connectivity index (χ2n) is 4.63. The van der Waals surface area contributed by atoms with Gasteiger partial charge in [0.05, 0.1) is 6.04 Å². The van der Waals surface area contributed by atoms with E-state index in [-0.39, 0.29) is 11.7 Å². The van der Waals surface area contributed by atoms with Crippen LogP contribution in [0.15, 0.2) is 11.6 Å². The molecule has 2 rings (SSSR count). The molecule has 0 aromatic carbocycles. The molecule has 1 heterocycles. The van der Waals surface area contributed by atoms with Crippen LogP contribution >= 0.6 is 0 Å². The first-order valence-electron chi connectivity index (χ1n) is 4.66. The van der Waals surface area contributed by atoms with Gasteiger partial charge in [-0.1, -0.05) is 6.08 Å². The smallest absolute Gasteiger partial charge is 0.411 e. The average molecular weight is 181 g/mol. The van der Waals surface area contributed by atoms with Crippen LogP contribution in [0.5, 0.6) is 0 Å². The van der Waals surface area contributed by atoms with Crippen molar-refractivity contribution in [1.29, 1.82) is 0 Å². The molecule has 1 unspecified atom stereocenters. The molecule has 0 spiro atoms. The monoisotopic (exact) mass is 181 g/mol. The summed E-state index contributed by atoms with van der Waals surface area (Å²) in [5, 5.41) is 0. The Hall–Kier alpha value is -0.990. The minimum atomic E-state index is -0.380. The van der Waals surface area contributed by atoms with Crippen molar-refractivity contribution in [3.05, 3.63) is 11.6 Å². The quantitative estimate of drug-likeness (QED) is 0.534. The van der Waals surface area contributed by atoms with Crippen LogP contribution in [-0.4, -0.2) is 29.2 Å². The van der Waals surface area contributed by atoms with Crippen LogP contribution in [0.4, 0.5) is 4.79 Å². The third-order valence-electron chi connectivity index (χ3n) is 2.25. The number of nitrogens with zero attached hydrogens (tertiary/aromatic N) is 1. The van der Waals surface area contributed by atoms with Crippen molar-refractivity contribution in [1.82, 2.24) is 4.90 Å². The molecule has 0 aromatic rings. The van der Waals surface area contributed by atoms with Gasteiger partial charge in [0.2, 0.25) is 0 Å². The predicted molar refractivity (Wildman–Crippen MR) is 49.4 cm³/mol. The molecule has 1 atom stereocenters. The minimum Gasteiger partial charge on any atom is -0.444 e. The molecule has 1 amide bonds. The van der Waals surface area contributed by atoms with Gasteiger partial charge in [-0.3, -0.25) is 4.90 Å². The van der Waals surface area contributed by atoms with Crippen molar-refractivity contribution in [3.8, 4) is 0 Å². The lowest BCUT2D eigenvalue weighted by molar-refractivity contribution is 0.0273. The molecule has 1 fully saturated rings. The van der Waals surface area contributed by atoms with E-state index in [9.17, 15) is 4.79 Å². The van der Waals surface area contributed by atoms with E-state index in [2.05, 4.69) is 6.08 Å². The highest BCUT2D eigenvalue weighted by atomic mass is 16.6. The van der Waals surface area contributed by atoms with E-state index >= 15 is 0 Å². The molecule has 0 N–H and O–H groups in total. The van der Waals surface area contributed by atoms with Crippen LogP contribution in [0, 0.1) is 0 Å². The fourth-order valence-electron chi connectivity index (χ4n) is 1.56. The third kappa shape index (κ3) is 1.69. The highest BCUT2D eigenvalue weighted by molar-refractivity contribution is 5.72. The van der Waals surface area contributed by atoms with E-state index < -0.39 is 0 Å². The molecule has 1 saturated carbocycles. The number of ether oxygens (including phenoxy) is 1. The molecule has 1 aliphatic heterocycles. The second-order valence-corrected chi connectivity index (χ2v) is 4.63. The maximum absolute atomic E-state index is 11.6. The van der Waals surface area contributed by atoms with Crippen molar-refractivity contribution < 1.29 is 9.53 Å². The molecule has 3 heteroatoms. The number of hydrogen-bond donors (Lipinski definition) is 0. The molecule has 13 heavy (non-hydrogen) atoms. The summed E-state index contributed by atoms with van der Waals surface area (Å²) in [6, 6.07) is 0.370. The Kier molecular flexibility index (Phi) is 1.65. The van der Waals surface area contributed by atoms with Gasteiger partial charge in [-0.05, 0) is 32.8 Å². The van der Waals surface area contributed by atoms with Crippen LogP contribution in [0.3, 0.4) is 0 Å². The normalized spacial score (nSPS) is 25.3. The number of amides is 1. The van der Waals surface area contributed by atoms with E-state index in [1.807, 2.05) is 20.8 Å². The lowest BCUT2D eigenvalue weighted by atomic mass is 10.2. The van der Waals surface area contributed by atoms with Crippen molar-refractivity contribution in [2.24, 2.45) is 0 Å². The van der Waals surface area contributed by atoms with Crippen LogP contribution in [-0.2, 0) is 4.74 Å². The van der Waals surface area contributed by atoms with E-state index in [1.54, 1.807) is 4.90 Å². The Morgan fingerprint density at radius 3 is 2.69 bits per heavy atom. The van der Waals surface area contributed by atoms with E-state index in [1.165, 1.54) is 5.57 Å². The maximum atomic E-state index is 11.6. The Bertz CT molecular complexity index is 275. The first-order chi connectivity index (χ1) is 5.97. The molecule has 0 radical (unpaired) electrons. The van der Waals surface area contributed by atoms with Gasteiger partial charge < -0.3 is 4.74 Å². The lowest BCUT2D eigenvalue weighted by Crippen LogP contribution is -2.36. The summed E-state index contributed by atoms with van der Waals surface area (Å²) >= 11 is 0. The Morgan fingerprint density at radius 1 is 1.62 bits per heavy atom. The van der Waals surface area contributed by atoms with Crippen molar-refractivity contribution in [2.75, 3.05) is 6.54 Å². The van der Waals surface area contributed by atoms with Crippen LogP contribution in [0.1, 0.15) is 27.2 Å². The lowest BCUT2D eigenvalue weighted by Gasteiger charge is -2.25. The second kappa shape index (κ2) is 2.50. The van der Waals surface area contributed by atoms with Gasteiger partial charge in [-0.25, -0.2) is 4.79 Å². The fraction of sp³-hybridized carbons (Fsp3) is 0.700. The van der Waals surface area contributed by atoms with Gasteiger partial charge in [0.1, 0.15) is 5.60 Å². The van der Waals surface area contributed by atoms with Gasteiger partial charge in [-0.2, -0.15) is 0 Å². The summed E-state index contributed by atoms with van der Waals surface area (Å²) in [5.74, 6) is 0. The molecule has 0 bridgehead atoms. The molecule has 3 nitrogen and oxygen atoms in total. The first-order valence-corrected chi connectivity index (χ1v) is 4.66. The number of rotatable bonds is 0. The number of carbonyl (C=O) groups is 1. The molecular weight excluding hydrogens is 166 g/mol. The van der Waals surface area contributed by atoms with E-state index in [0.29, 0.717) is 6.04 Å². The predicted octanol–water partition coefficient (Wildman–Crippen LogP) is 1.94. The van der Waals surface area contributed by atoms with Crippen LogP contribution < -0.4 is 0 Å². The number of hydrogen-bond acceptors (Lipinski definition) is 2. The fourth-order valence-corrected chi connectivity index (χ4v) is 1.56. The van der Waals surface area contributed by atoms with E-state index in [0.717, 1.165) is 13.0 Å². The third-order valence-corrected chi connectivity index (χ3v) is 2.25. The van der Waals surface area contributed by atoms with Crippen molar-refractivity contribution >= 4 is 6.09 Å². The zero-order valence-electron chi connectivity index (χ0n) is 8.33. The Morgan fingerprint density at radius 2 is 2.31 bits per heavy atom. The highest BCUT2D eigenvalue weighted by Gasteiger charge is 2.43. The Labute approximate surface area is 78.4 Å². The summed E-state index contributed by atoms with van der Waals surface area (Å²) in [4.78, 5) is 13.4. The van der Waals surface area contributed by atoms with Gasteiger partial charge in [0.25, 0.3) is 0 Å². The van der Waals surface area contributed by atoms with Crippen LogP contribution in [0.2, 0.25) is 0 Å². The van der Waals surface area contributed by atoms with E-state index in [4.69, 9.17) is 4.74 Å². The first kappa shape index (κ1) is 8.60. The summed E-state index contributed by atoms with van der Waals surface area (Å²) in [6.07, 6.45) is 3.00. The Balaban J connectivity index is 1.92. The maximum Gasteiger partial charge on any atom is 0.411 e. The summed E-state index contributed by atoms with van der Waals surface area (Å²) < 4.78 is 5.27. The van der Waals surface area contributed by atoms with Gasteiger partial charge >= 0.3 is 6.09 Å². The standard InChI is InChI=1S/C10H15NO2/c1-10(2,3)13-9(12)11-5-4-7-6-8(7)11/h4,8H,5-6H2,1-3H3. The minimum absolute atomic E-state index is 0.179. The summed E-state index contributed by atoms with van der Waals surface area (Å²) in [7, 11) is 0. The van der Waals surface area contributed by atoms with Crippen molar-refractivity contribution in [3.63, 3.8) is 0 Å². The molecule has 0 aromatic heterocycles. The summed E-state index contributed by atoms with van der Waals surface area (Å²) in [6.45, 7) is 6.40. The molecule has 1 aliphatic carbocycles. The molecule has 0 saturated heterocycles. The summed E-state index contributed by atoms with van der Waals surface area (Å²) in [5.41, 5.74) is 1.01. The zero-order valence-corrected chi connectivity index (χ0v) is 8.33. The van der Waals surface area contributed by atoms with Gasteiger partial charge in [0, 0.05) is 6.54 Å². The number of fused-ring (bicyclic) bond motifs is 1. The van der Waals surface area contributed by atoms with Gasteiger partial charge in [-0.15, -0.1) is 0 Å².